The lowest BCUT2D eigenvalue weighted by Gasteiger charge is -2.43. The Balaban J connectivity index is 2.08. The van der Waals surface area contributed by atoms with E-state index in [4.69, 9.17) is 9.84 Å². The fourth-order valence-electron chi connectivity index (χ4n) is 2.89. The first-order chi connectivity index (χ1) is 9.43. The summed E-state index contributed by atoms with van der Waals surface area (Å²) in [5.74, 6) is -0.996. The molecule has 2 rings (SSSR count). The molecule has 1 saturated heterocycles. The number of hydrogen-bond donors (Lipinski definition) is 1. The number of hydrogen-bond acceptors (Lipinski definition) is 4. The molecule has 0 radical (unpaired) electrons. The molecule has 0 aromatic heterocycles. The maximum atomic E-state index is 12.6. The highest BCUT2D eigenvalue weighted by molar-refractivity contribution is 7.86. The van der Waals surface area contributed by atoms with Gasteiger partial charge in [0.2, 0.25) is 0 Å². The molecule has 8 heteroatoms. The standard InChI is InChI=1S/C12H22N2O5S/c1-13(7-6-12(15)16)20(17,18)14-8-9-19-11-5-3-2-4-10(11)14/h10-11H,2-9H2,1H3,(H,15,16). The van der Waals surface area contributed by atoms with Crippen LogP contribution in [0.4, 0.5) is 0 Å². The van der Waals surface area contributed by atoms with Gasteiger partial charge in [0, 0.05) is 20.1 Å². The van der Waals surface area contributed by atoms with Crippen LogP contribution in [0, 0.1) is 0 Å². The molecule has 0 aromatic rings. The van der Waals surface area contributed by atoms with Crippen LogP contribution >= 0.6 is 0 Å². The molecule has 1 aliphatic carbocycles. The second kappa shape index (κ2) is 6.38. The third kappa shape index (κ3) is 3.30. The number of fused-ring (bicyclic) bond motifs is 1. The lowest BCUT2D eigenvalue weighted by molar-refractivity contribution is -0.137. The average molecular weight is 306 g/mol. The molecule has 1 saturated carbocycles. The van der Waals surface area contributed by atoms with Gasteiger partial charge in [-0.2, -0.15) is 17.0 Å². The summed E-state index contributed by atoms with van der Waals surface area (Å²) in [7, 11) is -2.17. The Labute approximate surface area is 119 Å². The maximum Gasteiger partial charge on any atom is 0.304 e. The van der Waals surface area contributed by atoms with Crippen molar-refractivity contribution in [1.82, 2.24) is 8.61 Å². The highest BCUT2D eigenvalue weighted by Gasteiger charge is 2.41. The number of rotatable bonds is 5. The van der Waals surface area contributed by atoms with E-state index in [1.54, 1.807) is 0 Å². The van der Waals surface area contributed by atoms with Gasteiger partial charge in [-0.1, -0.05) is 12.8 Å². The summed E-state index contributed by atoms with van der Waals surface area (Å²) in [5.41, 5.74) is 0. The van der Waals surface area contributed by atoms with Gasteiger partial charge in [-0.3, -0.25) is 4.79 Å². The number of carboxylic acid groups (broad SMARTS) is 1. The van der Waals surface area contributed by atoms with Crippen LogP contribution in [0.25, 0.3) is 0 Å². The van der Waals surface area contributed by atoms with Gasteiger partial charge >= 0.3 is 5.97 Å². The fourth-order valence-corrected chi connectivity index (χ4v) is 4.46. The SMILES string of the molecule is CN(CCC(=O)O)S(=O)(=O)N1CCOC2CCCCC21. The largest absolute Gasteiger partial charge is 0.481 e. The Hall–Kier alpha value is -0.700. The first-order valence-electron chi connectivity index (χ1n) is 6.99. The molecule has 2 fully saturated rings. The number of aliphatic carboxylic acids is 1. The first-order valence-corrected chi connectivity index (χ1v) is 8.39. The van der Waals surface area contributed by atoms with E-state index in [0.29, 0.717) is 13.2 Å². The average Bonchev–Trinajstić information content (AvgIpc) is 2.43. The molecule has 0 aromatic carbocycles. The van der Waals surface area contributed by atoms with Crippen molar-refractivity contribution < 1.29 is 23.1 Å². The molecule has 2 aliphatic rings. The zero-order chi connectivity index (χ0) is 14.8. The van der Waals surface area contributed by atoms with Crippen LogP contribution in [0.2, 0.25) is 0 Å². The van der Waals surface area contributed by atoms with E-state index >= 15 is 0 Å². The normalized spacial score (nSPS) is 28.3. The minimum absolute atomic E-state index is 0.00753. The van der Waals surface area contributed by atoms with E-state index in [0.717, 1.165) is 30.0 Å². The Bertz CT molecular complexity index is 451. The molecule has 0 spiro atoms. The number of morpholine rings is 1. The number of nitrogens with zero attached hydrogens (tertiary/aromatic N) is 2. The van der Waals surface area contributed by atoms with Crippen LogP contribution in [0.1, 0.15) is 32.1 Å². The summed E-state index contributed by atoms with van der Waals surface area (Å²) in [4.78, 5) is 10.6. The molecule has 2 atom stereocenters. The van der Waals surface area contributed by atoms with E-state index < -0.39 is 16.2 Å². The van der Waals surface area contributed by atoms with Crippen molar-refractivity contribution in [3.05, 3.63) is 0 Å². The van der Waals surface area contributed by atoms with Gasteiger partial charge < -0.3 is 9.84 Å². The van der Waals surface area contributed by atoms with E-state index in [1.165, 1.54) is 11.4 Å². The Morgan fingerprint density at radius 1 is 1.40 bits per heavy atom. The lowest BCUT2D eigenvalue weighted by atomic mass is 9.91. The molecule has 1 heterocycles. The molecular weight excluding hydrogens is 284 g/mol. The van der Waals surface area contributed by atoms with Crippen molar-refractivity contribution in [2.75, 3.05) is 26.7 Å². The third-order valence-corrected chi connectivity index (χ3v) is 6.03. The first kappa shape index (κ1) is 15.7. The predicted octanol–water partition coefficient (Wildman–Crippen LogP) is 0.281. The highest BCUT2D eigenvalue weighted by Crippen LogP contribution is 2.30. The summed E-state index contributed by atoms with van der Waals surface area (Å²) < 4.78 is 33.4. The molecule has 1 N–H and O–H groups in total. The van der Waals surface area contributed by atoms with Crippen LogP contribution in [-0.2, 0) is 19.7 Å². The molecule has 0 bridgehead atoms. The molecule has 20 heavy (non-hydrogen) atoms. The minimum Gasteiger partial charge on any atom is -0.481 e. The van der Waals surface area contributed by atoms with E-state index in [1.807, 2.05) is 0 Å². The molecule has 116 valence electrons. The zero-order valence-electron chi connectivity index (χ0n) is 11.7. The summed E-state index contributed by atoms with van der Waals surface area (Å²) in [5, 5.41) is 8.67. The quantitative estimate of drug-likeness (QED) is 0.788. The second-order valence-corrected chi connectivity index (χ2v) is 7.33. The summed E-state index contributed by atoms with van der Waals surface area (Å²) in [6, 6.07) is -0.102. The number of ether oxygens (including phenoxy) is 1. The van der Waals surface area contributed by atoms with E-state index in [9.17, 15) is 13.2 Å². The van der Waals surface area contributed by atoms with E-state index in [2.05, 4.69) is 0 Å². The predicted molar refractivity (Wildman–Crippen MR) is 72.5 cm³/mol. The lowest BCUT2D eigenvalue weighted by Crippen LogP contribution is -2.57. The second-order valence-electron chi connectivity index (χ2n) is 5.34. The summed E-state index contributed by atoms with van der Waals surface area (Å²) in [6.45, 7) is 0.750. The van der Waals surface area contributed by atoms with Crippen molar-refractivity contribution in [1.29, 1.82) is 0 Å². The van der Waals surface area contributed by atoms with Gasteiger partial charge in [-0.25, -0.2) is 0 Å². The topological polar surface area (TPSA) is 87.2 Å². The van der Waals surface area contributed by atoms with Crippen molar-refractivity contribution in [3.63, 3.8) is 0 Å². The summed E-state index contributed by atoms with van der Waals surface area (Å²) in [6.07, 6.45) is 3.60. The Morgan fingerprint density at radius 2 is 2.10 bits per heavy atom. The molecule has 2 unspecified atom stereocenters. The molecule has 1 aliphatic heterocycles. The maximum absolute atomic E-state index is 12.6. The number of carboxylic acids is 1. The van der Waals surface area contributed by atoms with Crippen LogP contribution in [-0.4, -0.2) is 67.0 Å². The van der Waals surface area contributed by atoms with E-state index in [-0.39, 0.29) is 25.1 Å². The van der Waals surface area contributed by atoms with Crippen molar-refractivity contribution in [2.24, 2.45) is 0 Å². The van der Waals surface area contributed by atoms with Crippen molar-refractivity contribution in [2.45, 2.75) is 44.2 Å². The monoisotopic (exact) mass is 306 g/mol. The van der Waals surface area contributed by atoms with Crippen LogP contribution in [0.15, 0.2) is 0 Å². The highest BCUT2D eigenvalue weighted by atomic mass is 32.2. The zero-order valence-corrected chi connectivity index (χ0v) is 12.5. The smallest absolute Gasteiger partial charge is 0.304 e. The fraction of sp³-hybridized carbons (Fsp3) is 0.917. The van der Waals surface area contributed by atoms with Crippen molar-refractivity contribution >= 4 is 16.2 Å². The van der Waals surface area contributed by atoms with Crippen LogP contribution in [0.5, 0.6) is 0 Å². The van der Waals surface area contributed by atoms with Gasteiger partial charge in [-0.15, -0.1) is 0 Å². The Kier molecular flexibility index (Phi) is 5.00. The van der Waals surface area contributed by atoms with Crippen LogP contribution in [0.3, 0.4) is 0 Å². The Morgan fingerprint density at radius 3 is 2.80 bits per heavy atom. The van der Waals surface area contributed by atoms with Crippen molar-refractivity contribution in [3.8, 4) is 0 Å². The summed E-state index contributed by atoms with van der Waals surface area (Å²) >= 11 is 0. The van der Waals surface area contributed by atoms with Gasteiger partial charge in [0.15, 0.2) is 0 Å². The third-order valence-electron chi connectivity index (χ3n) is 4.01. The van der Waals surface area contributed by atoms with Gasteiger partial charge in [0.05, 0.1) is 25.2 Å². The van der Waals surface area contributed by atoms with Gasteiger partial charge in [0.25, 0.3) is 10.2 Å². The van der Waals surface area contributed by atoms with Gasteiger partial charge in [0.1, 0.15) is 0 Å². The molecular formula is C12H22N2O5S. The molecule has 7 nitrogen and oxygen atoms in total. The minimum atomic E-state index is -3.60. The molecule has 0 amide bonds. The number of carbonyl (C=O) groups is 1. The van der Waals surface area contributed by atoms with Gasteiger partial charge in [-0.05, 0) is 12.8 Å². The van der Waals surface area contributed by atoms with Crippen LogP contribution < -0.4 is 0 Å².